The van der Waals surface area contributed by atoms with Crippen molar-refractivity contribution in [1.82, 2.24) is 5.32 Å². The number of aryl methyl sites for hydroxylation is 1. The van der Waals surface area contributed by atoms with Gasteiger partial charge in [0.2, 0.25) is 5.91 Å². The van der Waals surface area contributed by atoms with E-state index in [0.29, 0.717) is 12.1 Å². The number of anilines is 2. The summed E-state index contributed by atoms with van der Waals surface area (Å²) in [7, 11) is 1.73. The van der Waals surface area contributed by atoms with E-state index < -0.39 is 0 Å². The Morgan fingerprint density at radius 1 is 1.22 bits per heavy atom. The van der Waals surface area contributed by atoms with Gasteiger partial charge in [-0.25, -0.2) is 0 Å². The lowest BCUT2D eigenvalue weighted by Crippen LogP contribution is -2.54. The summed E-state index contributed by atoms with van der Waals surface area (Å²) in [6, 6.07) is 5.14. The summed E-state index contributed by atoms with van der Waals surface area (Å²) < 4.78 is 5.67. The van der Waals surface area contributed by atoms with Crippen molar-refractivity contribution >= 4 is 17.3 Å². The largest absolute Gasteiger partial charge is 0.495 e. The number of ether oxygens (including phenoxy) is 1. The fourth-order valence-corrected chi connectivity index (χ4v) is 3.86. The number of benzene rings is 1. The number of rotatable bonds is 2. The van der Waals surface area contributed by atoms with Gasteiger partial charge in [-0.05, 0) is 44.4 Å². The van der Waals surface area contributed by atoms with Crippen molar-refractivity contribution in [3.05, 3.63) is 17.7 Å². The lowest BCUT2D eigenvalue weighted by molar-refractivity contribution is -0.116. The molecule has 2 aliphatic rings. The Morgan fingerprint density at radius 3 is 2.52 bits per heavy atom. The number of nitrogens with one attached hydrogen (secondary N) is 1. The third kappa shape index (κ3) is 3.15. The van der Waals surface area contributed by atoms with Crippen LogP contribution >= 0.6 is 0 Å². The highest BCUT2D eigenvalue weighted by molar-refractivity contribution is 5.94. The van der Waals surface area contributed by atoms with E-state index in [1.165, 1.54) is 5.56 Å². The first-order valence-corrected chi connectivity index (χ1v) is 8.49. The topological polar surface area (TPSA) is 44.8 Å². The molecule has 5 nitrogen and oxygen atoms in total. The number of hydrogen-bond donors (Lipinski definition) is 1. The molecule has 5 heteroatoms. The second-order valence-corrected chi connectivity index (χ2v) is 6.80. The summed E-state index contributed by atoms with van der Waals surface area (Å²) in [6.45, 7) is 8.75. The number of piperazine rings is 1. The Balaban J connectivity index is 2.02. The SMILES string of the molecule is COc1cc2c(cc1N1CC(C)NC(C)C1)N(C(C)=O)CCC2. The molecule has 2 atom stereocenters. The first kappa shape index (κ1) is 16.1. The van der Waals surface area contributed by atoms with Crippen LogP contribution in [0.3, 0.4) is 0 Å². The molecule has 1 amide bonds. The lowest BCUT2D eigenvalue weighted by atomic mass is 9.99. The molecule has 2 heterocycles. The fraction of sp³-hybridized carbons (Fsp3) is 0.611. The summed E-state index contributed by atoms with van der Waals surface area (Å²) >= 11 is 0. The molecule has 0 radical (unpaired) electrons. The van der Waals surface area contributed by atoms with Crippen LogP contribution in [0.2, 0.25) is 0 Å². The smallest absolute Gasteiger partial charge is 0.223 e. The molecule has 1 aromatic carbocycles. The van der Waals surface area contributed by atoms with Crippen LogP contribution in [0.5, 0.6) is 5.75 Å². The molecule has 2 unspecified atom stereocenters. The third-order valence-corrected chi connectivity index (χ3v) is 4.78. The molecule has 3 rings (SSSR count). The Hall–Kier alpha value is -1.75. The first-order valence-electron chi connectivity index (χ1n) is 8.49. The van der Waals surface area contributed by atoms with E-state index in [-0.39, 0.29) is 5.91 Å². The number of nitrogens with zero attached hydrogens (tertiary/aromatic N) is 2. The zero-order valence-corrected chi connectivity index (χ0v) is 14.6. The second kappa shape index (κ2) is 6.40. The minimum atomic E-state index is 0.115. The molecule has 126 valence electrons. The van der Waals surface area contributed by atoms with Crippen LogP contribution in [0.4, 0.5) is 11.4 Å². The van der Waals surface area contributed by atoms with E-state index in [9.17, 15) is 4.79 Å². The van der Waals surface area contributed by atoms with E-state index in [4.69, 9.17) is 4.74 Å². The van der Waals surface area contributed by atoms with Gasteiger partial charge in [0.1, 0.15) is 5.75 Å². The average molecular weight is 317 g/mol. The minimum absolute atomic E-state index is 0.115. The Kier molecular flexibility index (Phi) is 4.48. The summed E-state index contributed by atoms with van der Waals surface area (Å²) in [6.07, 6.45) is 2.01. The third-order valence-electron chi connectivity index (χ3n) is 4.78. The maximum atomic E-state index is 12.0. The van der Waals surface area contributed by atoms with Gasteiger partial charge in [0, 0.05) is 44.3 Å². The molecule has 0 aliphatic carbocycles. The van der Waals surface area contributed by atoms with Crippen molar-refractivity contribution in [1.29, 1.82) is 0 Å². The maximum Gasteiger partial charge on any atom is 0.223 e. The molecule has 0 spiro atoms. The van der Waals surface area contributed by atoms with Gasteiger partial charge in [0.05, 0.1) is 12.8 Å². The monoisotopic (exact) mass is 317 g/mol. The van der Waals surface area contributed by atoms with E-state index in [1.54, 1.807) is 14.0 Å². The molecule has 0 aromatic heterocycles. The molecule has 1 aromatic rings. The van der Waals surface area contributed by atoms with Gasteiger partial charge < -0.3 is 19.9 Å². The predicted molar refractivity (Wildman–Crippen MR) is 93.6 cm³/mol. The summed E-state index contributed by atoms with van der Waals surface area (Å²) in [4.78, 5) is 16.3. The number of amides is 1. The van der Waals surface area contributed by atoms with Gasteiger partial charge in [-0.2, -0.15) is 0 Å². The van der Waals surface area contributed by atoms with Crippen molar-refractivity contribution in [2.24, 2.45) is 0 Å². The average Bonchev–Trinajstić information content (AvgIpc) is 2.51. The van der Waals surface area contributed by atoms with Crippen molar-refractivity contribution in [2.45, 2.75) is 45.7 Å². The number of carbonyl (C=O) groups excluding carboxylic acids is 1. The van der Waals surface area contributed by atoms with Crippen LogP contribution in [0, 0.1) is 0 Å². The van der Waals surface area contributed by atoms with Crippen LogP contribution in [0.15, 0.2) is 12.1 Å². The van der Waals surface area contributed by atoms with E-state index in [0.717, 1.165) is 49.6 Å². The van der Waals surface area contributed by atoms with Crippen LogP contribution in [0.25, 0.3) is 0 Å². The van der Waals surface area contributed by atoms with Crippen molar-refractivity contribution in [3.8, 4) is 5.75 Å². The summed E-state index contributed by atoms with van der Waals surface area (Å²) in [5.74, 6) is 1.03. The number of methoxy groups -OCH3 is 1. The van der Waals surface area contributed by atoms with Crippen LogP contribution in [0.1, 0.15) is 32.8 Å². The lowest BCUT2D eigenvalue weighted by Gasteiger charge is -2.39. The van der Waals surface area contributed by atoms with E-state index >= 15 is 0 Å². The first-order chi connectivity index (χ1) is 11.0. The van der Waals surface area contributed by atoms with Gasteiger partial charge in [-0.15, -0.1) is 0 Å². The molecule has 2 aliphatic heterocycles. The minimum Gasteiger partial charge on any atom is -0.495 e. The summed E-state index contributed by atoms with van der Waals surface area (Å²) in [5.41, 5.74) is 3.36. The van der Waals surface area contributed by atoms with Gasteiger partial charge in [0.25, 0.3) is 0 Å². The highest BCUT2D eigenvalue weighted by Gasteiger charge is 2.27. The van der Waals surface area contributed by atoms with E-state index in [2.05, 4.69) is 36.2 Å². The van der Waals surface area contributed by atoms with Gasteiger partial charge in [-0.1, -0.05) is 0 Å². The second-order valence-electron chi connectivity index (χ2n) is 6.80. The molecule has 1 saturated heterocycles. The molecular weight excluding hydrogens is 290 g/mol. The van der Waals surface area contributed by atoms with Crippen molar-refractivity contribution in [3.63, 3.8) is 0 Å². The van der Waals surface area contributed by atoms with Crippen LogP contribution in [-0.2, 0) is 11.2 Å². The molecule has 1 N–H and O–H groups in total. The van der Waals surface area contributed by atoms with Gasteiger partial charge >= 0.3 is 0 Å². The standard InChI is InChI=1S/C18H27N3O2/c1-12-10-20(11-13(2)19-12)17-9-16-15(8-18(17)23-4)6-5-7-21(16)14(3)22/h8-9,12-13,19H,5-7,10-11H2,1-4H3. The van der Waals surface area contributed by atoms with Crippen LogP contribution < -0.4 is 19.9 Å². The molecule has 1 fully saturated rings. The van der Waals surface area contributed by atoms with Crippen molar-refractivity contribution in [2.75, 3.05) is 36.5 Å². The highest BCUT2D eigenvalue weighted by Crippen LogP contribution is 2.39. The highest BCUT2D eigenvalue weighted by atomic mass is 16.5. The normalized spacial score (nSPS) is 24.3. The Morgan fingerprint density at radius 2 is 1.91 bits per heavy atom. The fourth-order valence-electron chi connectivity index (χ4n) is 3.86. The molecular formula is C18H27N3O2. The Bertz CT molecular complexity index is 592. The number of fused-ring (bicyclic) bond motifs is 1. The molecule has 0 saturated carbocycles. The zero-order chi connectivity index (χ0) is 16.6. The quantitative estimate of drug-likeness (QED) is 0.908. The summed E-state index contributed by atoms with van der Waals surface area (Å²) in [5, 5.41) is 3.56. The Labute approximate surface area is 138 Å². The van der Waals surface area contributed by atoms with E-state index in [1.807, 2.05) is 4.90 Å². The number of carbonyl (C=O) groups is 1. The molecule has 23 heavy (non-hydrogen) atoms. The predicted octanol–water partition coefficient (Wildman–Crippen LogP) is 2.18. The molecule has 0 bridgehead atoms. The van der Waals surface area contributed by atoms with Gasteiger partial charge in [-0.3, -0.25) is 4.79 Å². The van der Waals surface area contributed by atoms with Crippen LogP contribution in [-0.4, -0.2) is 44.7 Å². The van der Waals surface area contributed by atoms with Gasteiger partial charge in [0.15, 0.2) is 0 Å². The maximum absolute atomic E-state index is 12.0. The van der Waals surface area contributed by atoms with Crippen molar-refractivity contribution < 1.29 is 9.53 Å². The number of hydrogen-bond acceptors (Lipinski definition) is 4. The zero-order valence-electron chi connectivity index (χ0n) is 14.6.